The van der Waals surface area contributed by atoms with E-state index in [4.69, 9.17) is 5.11 Å². The number of rotatable bonds is 4. The van der Waals surface area contributed by atoms with Crippen LogP contribution in [0.15, 0.2) is 30.3 Å². The molecule has 0 unspecified atom stereocenters. The molecule has 1 amide bonds. The number of carbonyl (C=O) groups is 2. The van der Waals surface area contributed by atoms with Crippen molar-refractivity contribution in [3.8, 4) is 11.3 Å². The Morgan fingerprint density at radius 2 is 1.82 bits per heavy atom. The number of aryl methyl sites for hydroxylation is 1. The smallest absolute Gasteiger partial charge is 0.306 e. The molecular formula is C21H24F2N2O3. The van der Waals surface area contributed by atoms with E-state index in [1.165, 1.54) is 0 Å². The zero-order valence-electron chi connectivity index (χ0n) is 15.9. The summed E-state index contributed by atoms with van der Waals surface area (Å²) in [4.78, 5) is 27.2. The molecule has 5 nitrogen and oxygen atoms in total. The van der Waals surface area contributed by atoms with Gasteiger partial charge < -0.3 is 15.4 Å². The minimum Gasteiger partial charge on any atom is -0.481 e. The number of carboxylic acid groups (broad SMARTS) is 1. The molecule has 0 saturated heterocycles. The molecule has 7 heteroatoms. The molecule has 0 radical (unpaired) electrons. The summed E-state index contributed by atoms with van der Waals surface area (Å²) in [6, 6.07) is 8.10. The lowest BCUT2D eigenvalue weighted by atomic mass is 10.0. The van der Waals surface area contributed by atoms with Crippen LogP contribution in [0, 0.1) is 19.8 Å². The summed E-state index contributed by atoms with van der Waals surface area (Å²) in [7, 11) is 0. The fourth-order valence-electron chi connectivity index (χ4n) is 3.90. The minimum atomic E-state index is -3.14. The number of amides is 1. The topological polar surface area (TPSA) is 82.2 Å². The molecule has 1 aromatic carbocycles. The first-order chi connectivity index (χ1) is 13.2. The summed E-state index contributed by atoms with van der Waals surface area (Å²) in [6.07, 6.45) is -0.579. The van der Waals surface area contributed by atoms with Gasteiger partial charge in [0.1, 0.15) is 0 Å². The van der Waals surface area contributed by atoms with Crippen molar-refractivity contribution in [3.05, 3.63) is 47.2 Å². The molecule has 0 bridgehead atoms. The van der Waals surface area contributed by atoms with Gasteiger partial charge in [-0.25, -0.2) is 8.78 Å². The molecule has 1 saturated carbocycles. The summed E-state index contributed by atoms with van der Waals surface area (Å²) in [5, 5.41) is 11.6. The van der Waals surface area contributed by atoms with E-state index in [2.05, 4.69) is 10.3 Å². The molecular weight excluding hydrogens is 366 g/mol. The molecule has 1 aliphatic rings. The van der Waals surface area contributed by atoms with Crippen LogP contribution in [0.25, 0.3) is 11.3 Å². The van der Waals surface area contributed by atoms with Crippen LogP contribution >= 0.6 is 0 Å². The van der Waals surface area contributed by atoms with Crippen molar-refractivity contribution in [2.75, 3.05) is 0 Å². The lowest BCUT2D eigenvalue weighted by Gasteiger charge is -2.25. The van der Waals surface area contributed by atoms with Crippen LogP contribution in [-0.4, -0.2) is 33.9 Å². The van der Waals surface area contributed by atoms with Crippen molar-refractivity contribution >= 4 is 11.9 Å². The predicted molar refractivity (Wildman–Crippen MR) is 101 cm³/mol. The Bertz CT molecular complexity index is 877. The van der Waals surface area contributed by atoms with E-state index in [0.29, 0.717) is 16.8 Å². The number of carbonyl (C=O) groups excluding carboxylic acids is 1. The largest absolute Gasteiger partial charge is 0.481 e. The number of benzene rings is 1. The van der Waals surface area contributed by atoms with Crippen molar-refractivity contribution < 1.29 is 23.5 Å². The maximum Gasteiger partial charge on any atom is 0.306 e. The Hall–Kier alpha value is -2.70. The number of halogens is 2. The van der Waals surface area contributed by atoms with Gasteiger partial charge in [0.05, 0.1) is 17.5 Å². The van der Waals surface area contributed by atoms with Gasteiger partial charge in [0, 0.05) is 17.8 Å². The molecule has 1 aromatic heterocycles. The number of H-pyrrole nitrogens is 1. The van der Waals surface area contributed by atoms with Crippen molar-refractivity contribution in [2.45, 2.75) is 51.5 Å². The fourth-order valence-corrected chi connectivity index (χ4v) is 3.90. The van der Waals surface area contributed by atoms with Gasteiger partial charge in [0.25, 0.3) is 11.8 Å². The Balaban J connectivity index is 1.83. The van der Waals surface area contributed by atoms with Crippen LogP contribution in [-0.2, 0) is 4.79 Å². The number of hydrogen-bond acceptors (Lipinski definition) is 2. The van der Waals surface area contributed by atoms with Gasteiger partial charge >= 0.3 is 5.97 Å². The Kier molecular flexibility index (Phi) is 5.54. The van der Waals surface area contributed by atoms with Gasteiger partial charge in [0.2, 0.25) is 0 Å². The highest BCUT2D eigenvalue weighted by Crippen LogP contribution is 2.35. The molecule has 1 fully saturated rings. The molecule has 150 valence electrons. The van der Waals surface area contributed by atoms with Crippen molar-refractivity contribution in [1.29, 1.82) is 0 Å². The lowest BCUT2D eigenvalue weighted by molar-refractivity contribution is -0.142. The van der Waals surface area contributed by atoms with E-state index in [1.54, 1.807) is 13.8 Å². The monoisotopic (exact) mass is 390 g/mol. The first-order valence-electron chi connectivity index (χ1n) is 9.36. The fraction of sp³-hybridized carbons (Fsp3) is 0.429. The lowest BCUT2D eigenvalue weighted by Crippen LogP contribution is -2.47. The molecule has 28 heavy (non-hydrogen) atoms. The molecule has 3 N–H and O–H groups in total. The third-order valence-electron chi connectivity index (χ3n) is 5.52. The number of aromatic amines is 1. The van der Waals surface area contributed by atoms with E-state index in [-0.39, 0.29) is 19.3 Å². The number of aliphatic carboxylic acids is 1. The third-order valence-corrected chi connectivity index (χ3v) is 5.52. The van der Waals surface area contributed by atoms with E-state index in [9.17, 15) is 18.4 Å². The maximum absolute atomic E-state index is 14.5. The van der Waals surface area contributed by atoms with Crippen LogP contribution in [0.3, 0.4) is 0 Å². The number of carboxylic acids is 1. The van der Waals surface area contributed by atoms with Gasteiger partial charge in [-0.2, -0.15) is 0 Å². The normalized spacial score (nSPS) is 21.7. The standard InChI is InChI=1S/C21H24F2N2O3/c1-12-17(13(2)24-18(12)14-6-4-3-5-7-14)19(26)25-16-9-8-15(20(27)28)10-11-21(16,22)23/h3-7,15-16,24H,8-11H2,1-2H3,(H,25,26)(H,27,28)/t15-,16-/m1/s1. The zero-order chi connectivity index (χ0) is 20.5. The van der Waals surface area contributed by atoms with Crippen LogP contribution in [0.1, 0.15) is 47.3 Å². The highest BCUT2D eigenvalue weighted by atomic mass is 19.3. The maximum atomic E-state index is 14.5. The quantitative estimate of drug-likeness (QED) is 0.681. The highest BCUT2D eigenvalue weighted by molar-refractivity contribution is 5.99. The van der Waals surface area contributed by atoms with Crippen molar-refractivity contribution in [3.63, 3.8) is 0 Å². The van der Waals surface area contributed by atoms with Crippen LogP contribution in [0.5, 0.6) is 0 Å². The van der Waals surface area contributed by atoms with Crippen LogP contribution in [0.4, 0.5) is 8.78 Å². The Labute approximate surface area is 162 Å². The number of aromatic nitrogens is 1. The van der Waals surface area contributed by atoms with Gasteiger partial charge in [-0.15, -0.1) is 0 Å². The molecule has 1 aliphatic carbocycles. The summed E-state index contributed by atoms with van der Waals surface area (Å²) >= 11 is 0. The van der Waals surface area contributed by atoms with Crippen LogP contribution < -0.4 is 5.32 Å². The molecule has 2 atom stereocenters. The number of alkyl halides is 2. The van der Waals surface area contributed by atoms with Gasteiger partial charge in [-0.1, -0.05) is 30.3 Å². The van der Waals surface area contributed by atoms with E-state index in [1.807, 2.05) is 30.3 Å². The second-order valence-electron chi connectivity index (χ2n) is 7.43. The van der Waals surface area contributed by atoms with Gasteiger partial charge in [-0.3, -0.25) is 9.59 Å². The number of hydrogen-bond donors (Lipinski definition) is 3. The average Bonchev–Trinajstić information content (AvgIpc) is 2.85. The summed E-state index contributed by atoms with van der Waals surface area (Å²) in [5.74, 6) is -5.56. The van der Waals surface area contributed by atoms with Crippen LogP contribution in [0.2, 0.25) is 0 Å². The third kappa shape index (κ3) is 3.93. The van der Waals surface area contributed by atoms with E-state index in [0.717, 1.165) is 11.3 Å². The van der Waals surface area contributed by atoms with E-state index >= 15 is 0 Å². The second-order valence-corrected chi connectivity index (χ2v) is 7.43. The Morgan fingerprint density at radius 1 is 1.14 bits per heavy atom. The predicted octanol–water partition coefficient (Wildman–Crippen LogP) is 4.31. The molecule has 0 aliphatic heterocycles. The molecule has 0 spiro atoms. The van der Waals surface area contributed by atoms with Gasteiger partial charge in [0.15, 0.2) is 0 Å². The van der Waals surface area contributed by atoms with E-state index < -0.39 is 36.2 Å². The highest BCUT2D eigenvalue weighted by Gasteiger charge is 2.44. The first-order valence-corrected chi connectivity index (χ1v) is 9.36. The van der Waals surface area contributed by atoms with Crippen molar-refractivity contribution in [2.24, 2.45) is 5.92 Å². The second kappa shape index (κ2) is 7.73. The summed E-state index contributed by atoms with van der Waals surface area (Å²) < 4.78 is 29.0. The Morgan fingerprint density at radius 3 is 2.46 bits per heavy atom. The summed E-state index contributed by atoms with van der Waals surface area (Å²) in [5.41, 5.74) is 3.34. The molecule has 1 heterocycles. The van der Waals surface area contributed by atoms with Crippen molar-refractivity contribution in [1.82, 2.24) is 10.3 Å². The first kappa shape index (κ1) is 20.0. The molecule has 2 aromatic rings. The molecule has 3 rings (SSSR count). The van der Waals surface area contributed by atoms with Gasteiger partial charge in [-0.05, 0) is 44.2 Å². The minimum absolute atomic E-state index is 0.0657. The zero-order valence-corrected chi connectivity index (χ0v) is 15.9. The summed E-state index contributed by atoms with van der Waals surface area (Å²) in [6.45, 7) is 3.52. The average molecular weight is 390 g/mol. The number of nitrogens with one attached hydrogen (secondary N) is 2. The SMILES string of the molecule is Cc1[nH]c(-c2ccccc2)c(C)c1C(=O)N[C@@H]1CC[C@@H](C(=O)O)CCC1(F)F.